The smallest absolute Gasteiger partial charge is 0.308 e. The molecule has 0 spiro atoms. The van der Waals surface area contributed by atoms with Crippen molar-refractivity contribution >= 4 is 11.9 Å². The van der Waals surface area contributed by atoms with E-state index in [1.807, 2.05) is 44.2 Å². The number of likely N-dealkylation sites (tertiary alicyclic amines) is 1. The fourth-order valence-corrected chi connectivity index (χ4v) is 2.64. The minimum atomic E-state index is -0.826. The molecule has 1 N–H and O–H groups in total. The average Bonchev–Trinajstić information content (AvgIpc) is 2.83. The monoisotopic (exact) mass is 261 g/mol. The van der Waals surface area contributed by atoms with Crippen LogP contribution in [0.2, 0.25) is 0 Å². The number of carboxylic acids is 1. The second-order valence-corrected chi connectivity index (χ2v) is 5.36. The molecule has 0 unspecified atom stereocenters. The summed E-state index contributed by atoms with van der Waals surface area (Å²) in [6.45, 7) is 4.49. The fraction of sp³-hybridized carbons (Fsp3) is 0.467. The summed E-state index contributed by atoms with van der Waals surface area (Å²) in [5.41, 5.74) is 0.994. The summed E-state index contributed by atoms with van der Waals surface area (Å²) >= 11 is 0. The van der Waals surface area contributed by atoms with Crippen LogP contribution in [-0.4, -0.2) is 35.0 Å². The van der Waals surface area contributed by atoms with Crippen LogP contribution < -0.4 is 0 Å². The summed E-state index contributed by atoms with van der Waals surface area (Å²) in [5.74, 6) is -1.51. The summed E-state index contributed by atoms with van der Waals surface area (Å²) in [7, 11) is 0. The van der Waals surface area contributed by atoms with Gasteiger partial charge < -0.3 is 10.0 Å². The molecular formula is C15H19NO3. The number of carbonyl (C=O) groups excluding carboxylic acids is 1. The van der Waals surface area contributed by atoms with Crippen LogP contribution in [0, 0.1) is 11.8 Å². The van der Waals surface area contributed by atoms with E-state index < -0.39 is 11.9 Å². The Kier molecular flexibility index (Phi) is 3.88. The summed E-state index contributed by atoms with van der Waals surface area (Å²) in [5, 5.41) is 9.35. The second-order valence-electron chi connectivity index (χ2n) is 5.36. The lowest BCUT2D eigenvalue weighted by Gasteiger charge is -2.18. The van der Waals surface area contributed by atoms with Gasteiger partial charge in [0.25, 0.3) is 0 Å². The molecule has 1 saturated heterocycles. The highest BCUT2D eigenvalue weighted by Gasteiger charge is 2.40. The zero-order valence-electron chi connectivity index (χ0n) is 11.2. The van der Waals surface area contributed by atoms with E-state index in [9.17, 15) is 14.7 Å². The van der Waals surface area contributed by atoms with E-state index in [2.05, 4.69) is 0 Å². The highest BCUT2D eigenvalue weighted by Crippen LogP contribution is 2.33. The Morgan fingerprint density at radius 3 is 2.37 bits per heavy atom. The standard InChI is InChI=1S/C15H19NO3/c1-10(2)14(17)16-8-12(13(9-16)15(18)19)11-6-4-3-5-7-11/h3-7,10,12-13H,8-9H2,1-2H3,(H,18,19)/t12-,13+/m0/s1. The van der Waals surface area contributed by atoms with Crippen molar-refractivity contribution < 1.29 is 14.7 Å². The maximum Gasteiger partial charge on any atom is 0.308 e. The minimum Gasteiger partial charge on any atom is -0.481 e. The van der Waals surface area contributed by atoms with Crippen LogP contribution in [0.1, 0.15) is 25.3 Å². The second kappa shape index (κ2) is 5.43. The number of carboxylic acid groups (broad SMARTS) is 1. The minimum absolute atomic E-state index is 0.0321. The Balaban J connectivity index is 2.23. The number of rotatable bonds is 3. The Hall–Kier alpha value is -1.84. The first-order valence-electron chi connectivity index (χ1n) is 6.57. The molecule has 0 radical (unpaired) electrons. The van der Waals surface area contributed by atoms with E-state index in [0.717, 1.165) is 5.56 Å². The van der Waals surface area contributed by atoms with Crippen molar-refractivity contribution in [2.75, 3.05) is 13.1 Å². The highest BCUT2D eigenvalue weighted by molar-refractivity contribution is 5.81. The SMILES string of the molecule is CC(C)C(=O)N1C[C@@H](C(=O)O)[C@H](c2ccccc2)C1. The molecule has 1 aromatic carbocycles. The zero-order valence-corrected chi connectivity index (χ0v) is 11.2. The third kappa shape index (κ3) is 2.78. The lowest BCUT2D eigenvalue weighted by Crippen LogP contribution is -2.33. The molecular weight excluding hydrogens is 242 g/mol. The maximum absolute atomic E-state index is 12.0. The number of amides is 1. The largest absolute Gasteiger partial charge is 0.481 e. The predicted molar refractivity (Wildman–Crippen MR) is 71.7 cm³/mol. The zero-order chi connectivity index (χ0) is 14.0. The van der Waals surface area contributed by atoms with E-state index in [0.29, 0.717) is 13.1 Å². The molecule has 4 heteroatoms. The van der Waals surface area contributed by atoms with Crippen molar-refractivity contribution in [3.63, 3.8) is 0 Å². The van der Waals surface area contributed by atoms with Crippen LogP contribution in [0.15, 0.2) is 30.3 Å². The molecule has 2 atom stereocenters. The number of hydrogen-bond acceptors (Lipinski definition) is 2. The van der Waals surface area contributed by atoms with Gasteiger partial charge in [-0.25, -0.2) is 0 Å². The Labute approximate surface area is 113 Å². The Morgan fingerprint density at radius 2 is 1.84 bits per heavy atom. The molecule has 1 aromatic rings. The molecule has 1 heterocycles. The van der Waals surface area contributed by atoms with Crippen molar-refractivity contribution in [3.05, 3.63) is 35.9 Å². The molecule has 1 amide bonds. The summed E-state index contributed by atoms with van der Waals surface area (Å²) in [6.07, 6.45) is 0. The fourth-order valence-electron chi connectivity index (χ4n) is 2.64. The molecule has 4 nitrogen and oxygen atoms in total. The molecule has 0 aromatic heterocycles. The summed E-state index contributed by atoms with van der Waals surface area (Å²) < 4.78 is 0. The topological polar surface area (TPSA) is 57.6 Å². The number of carbonyl (C=O) groups is 2. The van der Waals surface area contributed by atoms with Crippen LogP contribution in [0.4, 0.5) is 0 Å². The lowest BCUT2D eigenvalue weighted by atomic mass is 9.89. The highest BCUT2D eigenvalue weighted by atomic mass is 16.4. The van der Waals surface area contributed by atoms with Gasteiger partial charge in [0, 0.05) is 24.9 Å². The van der Waals surface area contributed by atoms with Gasteiger partial charge in [-0.2, -0.15) is 0 Å². The molecule has 1 aliphatic rings. The first-order valence-corrected chi connectivity index (χ1v) is 6.57. The van der Waals surface area contributed by atoms with Gasteiger partial charge in [-0.05, 0) is 5.56 Å². The third-order valence-electron chi connectivity index (χ3n) is 3.67. The molecule has 102 valence electrons. The normalized spacial score (nSPS) is 22.8. The van der Waals surface area contributed by atoms with Crippen LogP contribution >= 0.6 is 0 Å². The van der Waals surface area contributed by atoms with Gasteiger partial charge in [-0.1, -0.05) is 44.2 Å². The molecule has 19 heavy (non-hydrogen) atoms. The van der Waals surface area contributed by atoms with Gasteiger partial charge in [0.15, 0.2) is 0 Å². The average molecular weight is 261 g/mol. The van der Waals surface area contributed by atoms with Gasteiger partial charge in [-0.3, -0.25) is 9.59 Å². The Morgan fingerprint density at radius 1 is 1.21 bits per heavy atom. The van der Waals surface area contributed by atoms with Crippen LogP contribution in [0.5, 0.6) is 0 Å². The van der Waals surface area contributed by atoms with Crippen molar-refractivity contribution in [3.8, 4) is 0 Å². The first kappa shape index (κ1) is 13.6. The molecule has 2 rings (SSSR count). The summed E-state index contributed by atoms with van der Waals surface area (Å²) in [4.78, 5) is 25.1. The van der Waals surface area contributed by atoms with Gasteiger partial charge in [0.05, 0.1) is 5.92 Å². The number of hydrogen-bond donors (Lipinski definition) is 1. The molecule has 0 bridgehead atoms. The molecule has 0 aliphatic carbocycles. The van der Waals surface area contributed by atoms with E-state index in [1.165, 1.54) is 0 Å². The Bertz CT molecular complexity index is 470. The predicted octanol–water partition coefficient (Wildman–Crippen LogP) is 1.97. The molecule has 1 aliphatic heterocycles. The van der Waals surface area contributed by atoms with E-state index in [4.69, 9.17) is 0 Å². The van der Waals surface area contributed by atoms with E-state index in [1.54, 1.807) is 4.90 Å². The third-order valence-corrected chi connectivity index (χ3v) is 3.67. The first-order chi connectivity index (χ1) is 9.00. The van der Waals surface area contributed by atoms with Crippen molar-refractivity contribution in [2.45, 2.75) is 19.8 Å². The molecule has 0 saturated carbocycles. The van der Waals surface area contributed by atoms with Crippen molar-refractivity contribution in [1.82, 2.24) is 4.90 Å². The van der Waals surface area contributed by atoms with Gasteiger partial charge in [-0.15, -0.1) is 0 Å². The van der Waals surface area contributed by atoms with Crippen LogP contribution in [0.3, 0.4) is 0 Å². The molecule has 1 fully saturated rings. The van der Waals surface area contributed by atoms with E-state index >= 15 is 0 Å². The van der Waals surface area contributed by atoms with Gasteiger partial charge >= 0.3 is 5.97 Å². The van der Waals surface area contributed by atoms with Crippen LogP contribution in [0.25, 0.3) is 0 Å². The summed E-state index contributed by atoms with van der Waals surface area (Å²) in [6, 6.07) is 9.58. The van der Waals surface area contributed by atoms with E-state index in [-0.39, 0.29) is 17.7 Å². The number of nitrogens with zero attached hydrogens (tertiary/aromatic N) is 1. The number of aliphatic carboxylic acids is 1. The van der Waals surface area contributed by atoms with Crippen molar-refractivity contribution in [2.24, 2.45) is 11.8 Å². The number of benzene rings is 1. The van der Waals surface area contributed by atoms with Gasteiger partial charge in [0.2, 0.25) is 5.91 Å². The lowest BCUT2D eigenvalue weighted by molar-refractivity contribution is -0.142. The quantitative estimate of drug-likeness (QED) is 0.905. The van der Waals surface area contributed by atoms with Crippen LogP contribution in [-0.2, 0) is 9.59 Å². The van der Waals surface area contributed by atoms with Crippen molar-refractivity contribution in [1.29, 1.82) is 0 Å². The van der Waals surface area contributed by atoms with Gasteiger partial charge in [0.1, 0.15) is 0 Å². The maximum atomic E-state index is 12.0.